The van der Waals surface area contributed by atoms with Crippen LogP contribution in [0.1, 0.15) is 0 Å². The second kappa shape index (κ2) is 22.4. The molecule has 0 aromatic heterocycles. The molecule has 0 spiro atoms. The molecule has 0 aliphatic carbocycles. The molecule has 0 bridgehead atoms. The maximum atomic E-state index is 13.3. The lowest BCUT2D eigenvalue weighted by molar-refractivity contribution is 0.0450. The number of phosphoric acid groups is 2. The number of hydrogen-bond acceptors (Lipinski definition) is 8. The molecule has 0 saturated carbocycles. The molecule has 0 aliphatic rings. The molecule has 20 heteroatoms. The summed E-state index contributed by atoms with van der Waals surface area (Å²) >= 11 is 48.3. The molecule has 6 unspecified atom stereocenters. The molecule has 0 saturated heterocycles. The molecular formula is C17H28Br4Cl6O8P2. The zero-order valence-corrected chi connectivity index (χ0v) is 31.9. The Morgan fingerprint density at radius 1 is 0.595 bits per heavy atom. The zero-order chi connectivity index (χ0) is 28.5. The van der Waals surface area contributed by atoms with Crippen molar-refractivity contribution in [1.82, 2.24) is 0 Å². The molecule has 0 aromatic rings. The highest BCUT2D eigenvalue weighted by Gasteiger charge is 2.39. The lowest BCUT2D eigenvalue weighted by Crippen LogP contribution is -2.36. The van der Waals surface area contributed by atoms with Crippen molar-refractivity contribution in [3.8, 4) is 0 Å². The van der Waals surface area contributed by atoms with Crippen LogP contribution in [0.25, 0.3) is 0 Å². The fraction of sp³-hybridized carbons (Fsp3) is 1.00. The van der Waals surface area contributed by atoms with Gasteiger partial charge in [0, 0.05) is 39.6 Å². The minimum Gasteiger partial charge on any atom is -0.286 e. The van der Waals surface area contributed by atoms with E-state index in [1.165, 1.54) is 0 Å². The van der Waals surface area contributed by atoms with Crippen molar-refractivity contribution in [3.63, 3.8) is 0 Å². The molecule has 0 radical (unpaired) electrons. The SMILES string of the molecule is O=P(OCC(Cl)CCl)(OCC(Br)CCl)OCC(CBr)(CBr)COP(=O)(OCC(Cl)CCl)OCC(Br)CCl. The van der Waals surface area contributed by atoms with Gasteiger partial charge in [-0.15, -0.1) is 69.6 Å². The van der Waals surface area contributed by atoms with Gasteiger partial charge in [0.15, 0.2) is 0 Å². The summed E-state index contributed by atoms with van der Waals surface area (Å²) in [6.07, 6.45) is 0. The van der Waals surface area contributed by atoms with Gasteiger partial charge in [0.1, 0.15) is 0 Å². The summed E-state index contributed by atoms with van der Waals surface area (Å²) in [6, 6.07) is 0. The third kappa shape index (κ3) is 18.3. The Kier molecular flexibility index (Phi) is 24.7. The first-order valence-corrected chi connectivity index (χ1v) is 20.4. The minimum absolute atomic E-state index is 0.0615. The summed E-state index contributed by atoms with van der Waals surface area (Å²) in [5, 5.41) is -0.728. The van der Waals surface area contributed by atoms with Crippen molar-refractivity contribution in [2.45, 2.75) is 20.4 Å². The van der Waals surface area contributed by atoms with Gasteiger partial charge in [0.05, 0.1) is 60.0 Å². The van der Waals surface area contributed by atoms with Crippen LogP contribution < -0.4 is 0 Å². The Labute approximate surface area is 282 Å². The maximum Gasteiger partial charge on any atom is 0.474 e. The molecule has 6 atom stereocenters. The van der Waals surface area contributed by atoms with Crippen molar-refractivity contribution < 1.29 is 36.3 Å². The van der Waals surface area contributed by atoms with Gasteiger partial charge in [-0.1, -0.05) is 63.7 Å². The Balaban J connectivity index is 5.55. The third-order valence-electron chi connectivity index (χ3n) is 3.95. The topological polar surface area (TPSA) is 89.5 Å². The second-order valence-corrected chi connectivity index (χ2v) is 16.9. The summed E-state index contributed by atoms with van der Waals surface area (Å²) < 4.78 is 59.5. The molecule has 37 heavy (non-hydrogen) atoms. The predicted molar refractivity (Wildman–Crippen MR) is 169 cm³/mol. The van der Waals surface area contributed by atoms with Crippen LogP contribution in [-0.4, -0.2) is 94.2 Å². The first-order valence-electron chi connectivity index (χ1n) is 10.3. The fourth-order valence-corrected chi connectivity index (χ4v) is 7.42. The van der Waals surface area contributed by atoms with Gasteiger partial charge in [-0.25, -0.2) is 9.13 Å². The van der Waals surface area contributed by atoms with Gasteiger partial charge < -0.3 is 0 Å². The highest BCUT2D eigenvalue weighted by molar-refractivity contribution is 9.10. The van der Waals surface area contributed by atoms with E-state index in [-0.39, 0.29) is 83.5 Å². The molecule has 0 fully saturated rings. The van der Waals surface area contributed by atoms with Crippen molar-refractivity contribution >= 4 is 149 Å². The summed E-state index contributed by atoms with van der Waals surface area (Å²) in [5.74, 6) is 0.515. The summed E-state index contributed by atoms with van der Waals surface area (Å²) in [7, 11) is -8.23. The lowest BCUT2D eigenvalue weighted by atomic mass is 9.97. The van der Waals surface area contributed by atoms with E-state index in [1.807, 2.05) is 0 Å². The molecule has 8 nitrogen and oxygen atoms in total. The molecule has 224 valence electrons. The highest BCUT2D eigenvalue weighted by atomic mass is 79.9. The van der Waals surface area contributed by atoms with Crippen LogP contribution in [0.15, 0.2) is 0 Å². The van der Waals surface area contributed by atoms with Gasteiger partial charge in [0.2, 0.25) is 0 Å². The van der Waals surface area contributed by atoms with E-state index in [2.05, 4.69) is 63.7 Å². The van der Waals surface area contributed by atoms with E-state index in [9.17, 15) is 9.13 Å². The first kappa shape index (κ1) is 40.9. The van der Waals surface area contributed by atoms with E-state index in [1.54, 1.807) is 0 Å². The monoisotopic (exact) mass is 948 g/mol. The highest BCUT2D eigenvalue weighted by Crippen LogP contribution is 2.54. The minimum atomic E-state index is -4.11. The smallest absolute Gasteiger partial charge is 0.286 e. The normalized spacial score (nSPS) is 19.1. The van der Waals surface area contributed by atoms with Crippen LogP contribution in [0.4, 0.5) is 0 Å². The van der Waals surface area contributed by atoms with Gasteiger partial charge in [-0.05, 0) is 0 Å². The summed E-state index contributed by atoms with van der Waals surface area (Å²) in [6.45, 7) is -0.935. The molecule has 0 N–H and O–H groups in total. The van der Waals surface area contributed by atoms with Crippen LogP contribution in [-0.2, 0) is 36.3 Å². The largest absolute Gasteiger partial charge is 0.474 e. The van der Waals surface area contributed by atoms with E-state index >= 15 is 0 Å². The average molecular weight is 955 g/mol. The third-order valence-corrected chi connectivity index (χ3v) is 13.4. The van der Waals surface area contributed by atoms with E-state index < -0.39 is 31.8 Å². The number of alkyl halides is 10. The van der Waals surface area contributed by atoms with Gasteiger partial charge in [0.25, 0.3) is 0 Å². The summed E-state index contributed by atoms with van der Waals surface area (Å²) in [5.41, 5.74) is -0.926. The zero-order valence-electron chi connectivity index (χ0n) is 19.2. The Morgan fingerprint density at radius 2 is 0.919 bits per heavy atom. The van der Waals surface area contributed by atoms with Gasteiger partial charge >= 0.3 is 15.6 Å². The van der Waals surface area contributed by atoms with Crippen LogP contribution in [0.5, 0.6) is 0 Å². The molecular weight excluding hydrogens is 926 g/mol. The van der Waals surface area contributed by atoms with Gasteiger partial charge in [-0.3, -0.25) is 27.1 Å². The first-order chi connectivity index (χ1) is 17.4. The molecule has 0 aromatic carbocycles. The van der Waals surface area contributed by atoms with E-state index in [0.717, 1.165) is 0 Å². The Hall–Kier alpha value is 3.88. The van der Waals surface area contributed by atoms with Crippen LogP contribution >= 0.6 is 149 Å². The quantitative estimate of drug-likeness (QED) is 0.0702. The van der Waals surface area contributed by atoms with E-state index in [0.29, 0.717) is 0 Å². The standard InChI is InChI=1S/C17H28Br4Cl6O8P2/c18-9-17(10-19,11-34-36(28,30-5-13(20)1-22)32-7-15(26)3-24)12-35-37(29,31-6-14(21)2-23)33-8-16(27)4-25/h13-16H,1-12H2. The Morgan fingerprint density at radius 3 is 1.19 bits per heavy atom. The number of rotatable bonds is 24. The predicted octanol–water partition coefficient (Wildman–Crippen LogP) is 8.78. The lowest BCUT2D eigenvalue weighted by Gasteiger charge is -2.32. The fourth-order valence-electron chi connectivity index (χ4n) is 1.75. The number of halogens is 10. The van der Waals surface area contributed by atoms with Crippen molar-refractivity contribution in [3.05, 3.63) is 0 Å². The number of hydrogen-bond donors (Lipinski definition) is 0. The summed E-state index contributed by atoms with van der Waals surface area (Å²) in [4.78, 5) is -0.611. The molecule has 0 rings (SSSR count). The molecule has 0 heterocycles. The molecule has 0 amide bonds. The van der Waals surface area contributed by atoms with E-state index in [4.69, 9.17) is 96.7 Å². The second-order valence-electron chi connectivity index (χ2n) is 7.40. The molecule has 0 aliphatic heterocycles. The van der Waals surface area contributed by atoms with Crippen molar-refractivity contribution in [2.24, 2.45) is 5.41 Å². The van der Waals surface area contributed by atoms with Crippen LogP contribution in [0.3, 0.4) is 0 Å². The van der Waals surface area contributed by atoms with Crippen molar-refractivity contribution in [1.29, 1.82) is 0 Å². The van der Waals surface area contributed by atoms with Crippen LogP contribution in [0.2, 0.25) is 0 Å². The van der Waals surface area contributed by atoms with Crippen molar-refractivity contribution in [2.75, 3.05) is 73.8 Å². The van der Waals surface area contributed by atoms with Gasteiger partial charge in [-0.2, -0.15) is 0 Å². The number of phosphoric ester groups is 2. The Bertz CT molecular complexity index is 618. The average Bonchev–Trinajstić information content (AvgIpc) is 2.92. The maximum absolute atomic E-state index is 13.3. The van der Waals surface area contributed by atoms with Crippen LogP contribution in [0, 0.1) is 5.41 Å².